The van der Waals surface area contributed by atoms with Crippen LogP contribution >= 0.6 is 0 Å². The molecule has 1 N–H and O–H groups in total. The molecule has 1 unspecified atom stereocenters. The topological polar surface area (TPSA) is 75.7 Å². The zero-order valence-electron chi connectivity index (χ0n) is 16.0. The molecule has 150 valence electrons. The molecule has 6 nitrogen and oxygen atoms in total. The lowest BCUT2D eigenvalue weighted by molar-refractivity contribution is 0.00723. The number of likely N-dealkylation sites (tertiary alicyclic amines) is 1. The number of sulfonamides is 1. The van der Waals surface area contributed by atoms with Crippen molar-refractivity contribution in [3.63, 3.8) is 0 Å². The number of hydrogen-bond acceptors (Lipinski definition) is 4. The van der Waals surface area contributed by atoms with Gasteiger partial charge >= 0.3 is 0 Å². The average molecular weight is 403 g/mol. The maximum Gasteiger partial charge on any atom is 0.253 e. The van der Waals surface area contributed by atoms with E-state index in [-0.39, 0.29) is 23.5 Å². The highest BCUT2D eigenvalue weighted by Gasteiger charge is 2.25. The fourth-order valence-corrected chi connectivity index (χ4v) is 4.39. The van der Waals surface area contributed by atoms with Gasteiger partial charge in [-0.05, 0) is 43.5 Å². The summed E-state index contributed by atoms with van der Waals surface area (Å²) in [5, 5.41) is 0. The minimum Gasteiger partial charge on any atom is -0.377 e. The number of amides is 1. The second-order valence-electron chi connectivity index (χ2n) is 6.81. The van der Waals surface area contributed by atoms with E-state index in [9.17, 15) is 13.2 Å². The summed E-state index contributed by atoms with van der Waals surface area (Å²) in [4.78, 5) is 14.7. The second kappa shape index (κ2) is 9.32. The van der Waals surface area contributed by atoms with Crippen LogP contribution in [0.4, 0.5) is 0 Å². The fraction of sp³-hybridized carbons (Fsp3) is 0.381. The van der Waals surface area contributed by atoms with Gasteiger partial charge in [0.25, 0.3) is 5.91 Å². The molecule has 28 heavy (non-hydrogen) atoms. The molecule has 0 aliphatic carbocycles. The van der Waals surface area contributed by atoms with Gasteiger partial charge in [-0.15, -0.1) is 0 Å². The highest BCUT2D eigenvalue weighted by Crippen LogP contribution is 2.18. The summed E-state index contributed by atoms with van der Waals surface area (Å²) >= 11 is 0. The first-order valence-electron chi connectivity index (χ1n) is 9.54. The van der Waals surface area contributed by atoms with Gasteiger partial charge in [-0.1, -0.05) is 36.4 Å². The lowest BCUT2D eigenvalue weighted by atomic mass is 10.1. The van der Waals surface area contributed by atoms with Crippen LogP contribution in [0.15, 0.2) is 59.5 Å². The van der Waals surface area contributed by atoms with Gasteiger partial charge in [0.2, 0.25) is 10.0 Å². The first kappa shape index (κ1) is 20.5. The van der Waals surface area contributed by atoms with Gasteiger partial charge < -0.3 is 9.64 Å². The number of piperidine rings is 1. The van der Waals surface area contributed by atoms with Gasteiger partial charge in [-0.3, -0.25) is 4.79 Å². The molecule has 1 aliphatic rings. The number of carbonyl (C=O) groups is 1. The smallest absolute Gasteiger partial charge is 0.253 e. The fourth-order valence-electron chi connectivity index (χ4n) is 3.33. The van der Waals surface area contributed by atoms with E-state index in [0.29, 0.717) is 25.3 Å². The molecule has 1 fully saturated rings. The Kier molecular flexibility index (Phi) is 6.83. The van der Waals surface area contributed by atoms with Crippen LogP contribution in [0.25, 0.3) is 0 Å². The highest BCUT2D eigenvalue weighted by atomic mass is 32.2. The molecule has 2 aromatic carbocycles. The molecule has 1 amide bonds. The highest BCUT2D eigenvalue weighted by molar-refractivity contribution is 7.89. The zero-order valence-corrected chi connectivity index (χ0v) is 16.8. The summed E-state index contributed by atoms with van der Waals surface area (Å²) in [7, 11) is -3.71. The van der Waals surface area contributed by atoms with Crippen molar-refractivity contribution >= 4 is 15.9 Å². The summed E-state index contributed by atoms with van der Waals surface area (Å²) in [6.45, 7) is 3.95. The molecule has 0 aromatic heterocycles. The van der Waals surface area contributed by atoms with Crippen LogP contribution in [0.1, 0.15) is 35.7 Å². The number of nitrogens with zero attached hydrogens (tertiary/aromatic N) is 1. The summed E-state index contributed by atoms with van der Waals surface area (Å²) in [6.07, 6.45) is 1.87. The Morgan fingerprint density at radius 3 is 2.71 bits per heavy atom. The minimum atomic E-state index is -3.71. The van der Waals surface area contributed by atoms with Gasteiger partial charge in [0.1, 0.15) is 0 Å². The number of hydrogen-bond donors (Lipinski definition) is 1. The Morgan fingerprint density at radius 2 is 1.96 bits per heavy atom. The van der Waals surface area contributed by atoms with Crippen LogP contribution in [-0.4, -0.2) is 45.0 Å². The molecular formula is C21H26N2O4S. The summed E-state index contributed by atoms with van der Waals surface area (Å²) < 4.78 is 33.5. The van der Waals surface area contributed by atoms with Crippen molar-refractivity contribution in [1.82, 2.24) is 9.62 Å². The summed E-state index contributed by atoms with van der Waals surface area (Å²) in [5.41, 5.74) is 1.24. The summed E-state index contributed by atoms with van der Waals surface area (Å²) in [5.74, 6) is -0.162. The lowest BCUT2D eigenvalue weighted by Gasteiger charge is -2.32. The van der Waals surface area contributed by atoms with Crippen molar-refractivity contribution in [2.24, 2.45) is 0 Å². The first-order valence-corrected chi connectivity index (χ1v) is 11.0. The van der Waals surface area contributed by atoms with Gasteiger partial charge in [0.05, 0.1) is 11.0 Å². The predicted octanol–water partition coefficient (Wildman–Crippen LogP) is 2.81. The quantitative estimate of drug-likeness (QED) is 0.773. The molecule has 3 rings (SSSR count). The normalized spacial score (nSPS) is 17.5. The van der Waals surface area contributed by atoms with E-state index in [1.807, 2.05) is 37.3 Å². The molecule has 7 heteroatoms. The molecule has 1 saturated heterocycles. The monoisotopic (exact) mass is 402 g/mol. The Bertz CT molecular complexity index is 898. The third-order valence-corrected chi connectivity index (χ3v) is 6.17. The van der Waals surface area contributed by atoms with Gasteiger partial charge in [-0.2, -0.15) is 0 Å². The number of benzene rings is 2. The Balaban J connectivity index is 1.71. The number of nitrogens with one attached hydrogen (secondary N) is 1. The third-order valence-electron chi connectivity index (χ3n) is 4.77. The second-order valence-corrected chi connectivity index (χ2v) is 8.58. The molecule has 0 radical (unpaired) electrons. The van der Waals surface area contributed by atoms with Crippen LogP contribution in [-0.2, 0) is 21.3 Å². The Morgan fingerprint density at radius 1 is 1.18 bits per heavy atom. The van der Waals surface area contributed by atoms with Crippen molar-refractivity contribution in [2.75, 3.05) is 19.7 Å². The Hall–Kier alpha value is -2.22. The zero-order chi connectivity index (χ0) is 20.0. The van der Waals surface area contributed by atoms with E-state index in [1.54, 1.807) is 17.0 Å². The molecule has 0 bridgehead atoms. The number of ether oxygens (including phenoxy) is 1. The van der Waals surface area contributed by atoms with Crippen molar-refractivity contribution in [1.29, 1.82) is 0 Å². The van der Waals surface area contributed by atoms with Crippen molar-refractivity contribution in [3.05, 3.63) is 65.7 Å². The minimum absolute atomic E-state index is 0.0437. The molecule has 1 atom stereocenters. The van der Waals surface area contributed by atoms with Gasteiger partial charge in [0.15, 0.2) is 0 Å². The van der Waals surface area contributed by atoms with Crippen LogP contribution in [0, 0.1) is 0 Å². The lowest BCUT2D eigenvalue weighted by Crippen LogP contribution is -2.43. The van der Waals surface area contributed by atoms with E-state index in [4.69, 9.17) is 4.74 Å². The molecule has 2 aromatic rings. The number of carbonyl (C=O) groups excluding carboxylic acids is 1. The maximum atomic E-state index is 12.9. The SMILES string of the molecule is CCOC1CCCN(C(=O)c2cccc(S(=O)(=O)NCc3ccccc3)c2)C1. The van der Waals surface area contributed by atoms with Crippen molar-refractivity contribution in [3.8, 4) is 0 Å². The van der Waals surface area contributed by atoms with Crippen LogP contribution in [0.3, 0.4) is 0 Å². The van der Waals surface area contributed by atoms with Crippen molar-refractivity contribution in [2.45, 2.75) is 37.3 Å². The van der Waals surface area contributed by atoms with Gasteiger partial charge in [0, 0.05) is 31.8 Å². The predicted molar refractivity (Wildman–Crippen MR) is 107 cm³/mol. The average Bonchev–Trinajstić information content (AvgIpc) is 2.73. The molecule has 0 saturated carbocycles. The molecule has 0 spiro atoms. The molecule has 1 aliphatic heterocycles. The Labute approximate surface area is 166 Å². The standard InChI is InChI=1S/C21H26N2O4S/c1-2-27-19-11-7-13-23(16-19)21(24)18-10-6-12-20(14-18)28(25,26)22-15-17-8-4-3-5-9-17/h3-6,8-10,12,14,19,22H,2,7,11,13,15-16H2,1H3. The van der Waals surface area contributed by atoms with Gasteiger partial charge in [-0.25, -0.2) is 13.1 Å². The van der Waals surface area contributed by atoms with E-state index < -0.39 is 10.0 Å². The third kappa shape index (κ3) is 5.19. The van der Waals surface area contributed by atoms with Crippen LogP contribution in [0.2, 0.25) is 0 Å². The first-order chi connectivity index (χ1) is 13.5. The van der Waals surface area contributed by atoms with E-state index in [1.165, 1.54) is 12.1 Å². The van der Waals surface area contributed by atoms with Crippen LogP contribution < -0.4 is 4.72 Å². The largest absolute Gasteiger partial charge is 0.377 e. The summed E-state index contributed by atoms with van der Waals surface area (Å²) in [6, 6.07) is 15.5. The van der Waals surface area contributed by atoms with E-state index in [2.05, 4.69) is 4.72 Å². The van der Waals surface area contributed by atoms with Crippen molar-refractivity contribution < 1.29 is 17.9 Å². The van der Waals surface area contributed by atoms with Crippen LogP contribution in [0.5, 0.6) is 0 Å². The maximum absolute atomic E-state index is 12.9. The number of rotatable bonds is 7. The van der Waals surface area contributed by atoms with E-state index in [0.717, 1.165) is 18.4 Å². The van der Waals surface area contributed by atoms with E-state index >= 15 is 0 Å². The molecule has 1 heterocycles. The molecular weight excluding hydrogens is 376 g/mol.